The van der Waals surface area contributed by atoms with Crippen LogP contribution in [0.25, 0.3) is 0 Å². The van der Waals surface area contributed by atoms with Gasteiger partial charge in [-0.25, -0.2) is 0 Å². The van der Waals surface area contributed by atoms with Gasteiger partial charge in [-0.1, -0.05) is 34.4 Å². The minimum Gasteiger partial charge on any atom is -0.352 e. The summed E-state index contributed by atoms with van der Waals surface area (Å²) in [6.07, 6.45) is 0. The predicted molar refractivity (Wildman–Crippen MR) is 82.5 cm³/mol. The van der Waals surface area contributed by atoms with Crippen LogP contribution in [0.2, 0.25) is 10.0 Å². The molecule has 2 N–H and O–H groups in total. The molecule has 0 saturated carbocycles. The van der Waals surface area contributed by atoms with E-state index in [1.165, 1.54) is 0 Å². The number of nitrogens with zero attached hydrogens (tertiary/aromatic N) is 3. The third-order valence-electron chi connectivity index (χ3n) is 2.67. The highest BCUT2D eigenvalue weighted by Crippen LogP contribution is 2.20. The maximum Gasteiger partial charge on any atom is 0.223 e. The quantitative estimate of drug-likeness (QED) is 0.666. The second-order valence-corrected chi connectivity index (χ2v) is 5.09. The van der Waals surface area contributed by atoms with Gasteiger partial charge in [0.1, 0.15) is 0 Å². The van der Waals surface area contributed by atoms with Crippen LogP contribution in [0.1, 0.15) is 17.3 Å². The topological polar surface area (TPSA) is 75.3 Å². The molecule has 1 aromatic carbocycles. The van der Waals surface area contributed by atoms with E-state index in [4.69, 9.17) is 27.7 Å². The Morgan fingerprint density at radius 3 is 2.67 bits per heavy atom. The molecule has 112 valence electrons. The van der Waals surface area contributed by atoms with Gasteiger partial charge in [-0.3, -0.25) is 4.99 Å². The number of aliphatic imine (C=N–C) groups is 1. The van der Waals surface area contributed by atoms with Crippen molar-refractivity contribution in [3.8, 4) is 0 Å². The van der Waals surface area contributed by atoms with Crippen LogP contribution < -0.4 is 10.6 Å². The molecule has 0 saturated heterocycles. The first kappa shape index (κ1) is 15.6. The second kappa shape index (κ2) is 7.28. The van der Waals surface area contributed by atoms with Gasteiger partial charge in [-0.05, 0) is 17.7 Å². The lowest BCUT2D eigenvalue weighted by Crippen LogP contribution is -2.36. The first-order chi connectivity index (χ1) is 10.1. The molecule has 8 heteroatoms. The van der Waals surface area contributed by atoms with Crippen molar-refractivity contribution in [2.45, 2.75) is 20.0 Å². The monoisotopic (exact) mass is 327 g/mol. The minimum atomic E-state index is 0.422. The molecular formula is C13H15Cl2N5O. The van der Waals surface area contributed by atoms with Crippen molar-refractivity contribution < 1.29 is 4.52 Å². The summed E-state index contributed by atoms with van der Waals surface area (Å²) in [5.41, 5.74) is 0.930. The number of hydrogen-bond donors (Lipinski definition) is 2. The molecule has 0 aliphatic heterocycles. The number of aromatic nitrogens is 2. The molecule has 1 aromatic heterocycles. The molecule has 0 bridgehead atoms. The lowest BCUT2D eigenvalue weighted by molar-refractivity contribution is 0.387. The Hall–Kier alpha value is -1.79. The minimum absolute atomic E-state index is 0.422. The fraction of sp³-hybridized carbons (Fsp3) is 0.308. The maximum absolute atomic E-state index is 6.11. The van der Waals surface area contributed by atoms with E-state index in [2.05, 4.69) is 25.8 Å². The van der Waals surface area contributed by atoms with Crippen molar-refractivity contribution in [3.63, 3.8) is 0 Å². The van der Waals surface area contributed by atoms with Crippen molar-refractivity contribution >= 4 is 29.2 Å². The maximum atomic E-state index is 6.11. The fourth-order valence-corrected chi connectivity index (χ4v) is 2.12. The highest BCUT2D eigenvalue weighted by molar-refractivity contribution is 6.35. The molecule has 0 spiro atoms. The molecule has 2 aromatic rings. The van der Waals surface area contributed by atoms with Crippen LogP contribution >= 0.6 is 23.2 Å². The molecule has 0 unspecified atom stereocenters. The van der Waals surface area contributed by atoms with E-state index >= 15 is 0 Å². The van der Waals surface area contributed by atoms with E-state index in [9.17, 15) is 0 Å². The van der Waals surface area contributed by atoms with Crippen LogP contribution in [0.3, 0.4) is 0 Å². The lowest BCUT2D eigenvalue weighted by Gasteiger charge is -2.11. The van der Waals surface area contributed by atoms with Gasteiger partial charge < -0.3 is 15.2 Å². The number of nitrogens with one attached hydrogen (secondary N) is 2. The summed E-state index contributed by atoms with van der Waals surface area (Å²) < 4.78 is 4.90. The van der Waals surface area contributed by atoms with Crippen LogP contribution in [0.5, 0.6) is 0 Å². The van der Waals surface area contributed by atoms with Crippen LogP contribution in [-0.2, 0) is 13.1 Å². The van der Waals surface area contributed by atoms with Gasteiger partial charge in [0.2, 0.25) is 5.89 Å². The van der Waals surface area contributed by atoms with Crippen molar-refractivity contribution in [2.75, 3.05) is 7.05 Å². The predicted octanol–water partition coefficient (Wildman–Crippen LogP) is 2.55. The number of guanidine groups is 1. The summed E-state index contributed by atoms with van der Waals surface area (Å²) in [7, 11) is 1.68. The molecule has 0 fully saturated rings. The van der Waals surface area contributed by atoms with E-state index in [1.54, 1.807) is 26.1 Å². The van der Waals surface area contributed by atoms with Crippen molar-refractivity contribution in [1.82, 2.24) is 20.8 Å². The van der Waals surface area contributed by atoms with Gasteiger partial charge in [0, 0.05) is 30.6 Å². The fourth-order valence-electron chi connectivity index (χ4n) is 1.64. The Labute approximate surface area is 132 Å². The van der Waals surface area contributed by atoms with Crippen LogP contribution in [0, 0.1) is 6.92 Å². The molecule has 21 heavy (non-hydrogen) atoms. The largest absolute Gasteiger partial charge is 0.352 e. The Balaban J connectivity index is 1.88. The zero-order chi connectivity index (χ0) is 15.2. The zero-order valence-corrected chi connectivity index (χ0v) is 13.2. The first-order valence-corrected chi connectivity index (χ1v) is 7.01. The second-order valence-electron chi connectivity index (χ2n) is 4.24. The molecular weight excluding hydrogens is 313 g/mol. The number of hydrogen-bond acceptors (Lipinski definition) is 4. The first-order valence-electron chi connectivity index (χ1n) is 6.26. The summed E-state index contributed by atoms with van der Waals surface area (Å²) in [6.45, 7) is 2.69. The third kappa shape index (κ3) is 4.61. The van der Waals surface area contributed by atoms with Gasteiger partial charge in [0.15, 0.2) is 11.8 Å². The highest BCUT2D eigenvalue weighted by Gasteiger charge is 2.05. The van der Waals surface area contributed by atoms with E-state index in [0.29, 0.717) is 40.8 Å². The SMILES string of the molecule is CN=C(NCc1noc(C)n1)NCc1ccc(Cl)cc1Cl. The molecule has 0 aliphatic rings. The molecule has 1 heterocycles. The summed E-state index contributed by atoms with van der Waals surface area (Å²) in [5, 5.41) is 11.3. The van der Waals surface area contributed by atoms with Gasteiger partial charge in [-0.15, -0.1) is 0 Å². The zero-order valence-electron chi connectivity index (χ0n) is 11.7. The molecule has 0 radical (unpaired) electrons. The summed E-state index contributed by atoms with van der Waals surface area (Å²) >= 11 is 12.0. The smallest absolute Gasteiger partial charge is 0.223 e. The molecule has 0 atom stereocenters. The van der Waals surface area contributed by atoms with Gasteiger partial charge in [0.25, 0.3) is 0 Å². The average Bonchev–Trinajstić information content (AvgIpc) is 2.86. The van der Waals surface area contributed by atoms with Crippen LogP contribution in [-0.4, -0.2) is 23.1 Å². The van der Waals surface area contributed by atoms with E-state index in [0.717, 1.165) is 5.56 Å². The summed E-state index contributed by atoms with van der Waals surface area (Å²) in [4.78, 5) is 8.21. The van der Waals surface area contributed by atoms with Gasteiger partial charge in [0.05, 0.1) is 6.54 Å². The standard InChI is InChI=1S/C13H15Cl2N5O/c1-8-19-12(20-21-8)7-18-13(16-2)17-6-9-3-4-10(14)5-11(9)15/h3-5H,6-7H2,1-2H3,(H2,16,17,18). The van der Waals surface area contributed by atoms with Crippen molar-refractivity contribution in [3.05, 3.63) is 45.5 Å². The van der Waals surface area contributed by atoms with Crippen LogP contribution in [0.15, 0.2) is 27.7 Å². The number of aryl methyl sites for hydroxylation is 1. The Morgan fingerprint density at radius 2 is 2.05 bits per heavy atom. The summed E-state index contributed by atoms with van der Waals surface area (Å²) in [5.74, 6) is 1.71. The highest BCUT2D eigenvalue weighted by atomic mass is 35.5. The Morgan fingerprint density at radius 1 is 1.29 bits per heavy atom. The van der Waals surface area contributed by atoms with E-state index in [1.807, 2.05) is 6.07 Å². The van der Waals surface area contributed by atoms with Gasteiger partial charge in [-0.2, -0.15) is 4.98 Å². The average molecular weight is 328 g/mol. The number of benzene rings is 1. The van der Waals surface area contributed by atoms with Crippen LogP contribution in [0.4, 0.5) is 0 Å². The lowest BCUT2D eigenvalue weighted by atomic mass is 10.2. The van der Waals surface area contributed by atoms with Crippen molar-refractivity contribution in [2.24, 2.45) is 4.99 Å². The molecule has 2 rings (SSSR count). The molecule has 0 amide bonds. The Kier molecular flexibility index (Phi) is 5.41. The van der Waals surface area contributed by atoms with Gasteiger partial charge >= 0.3 is 0 Å². The van der Waals surface area contributed by atoms with E-state index in [-0.39, 0.29) is 0 Å². The molecule has 6 nitrogen and oxygen atoms in total. The third-order valence-corrected chi connectivity index (χ3v) is 3.26. The normalized spacial score (nSPS) is 11.5. The summed E-state index contributed by atoms with van der Waals surface area (Å²) in [6, 6.07) is 5.37. The van der Waals surface area contributed by atoms with Crippen molar-refractivity contribution in [1.29, 1.82) is 0 Å². The number of rotatable bonds is 4. The van der Waals surface area contributed by atoms with E-state index < -0.39 is 0 Å². The molecule has 0 aliphatic carbocycles. The Bertz CT molecular complexity index is 641. The number of halogens is 2.